The SMILES string of the molecule is CC(=O)CCC(=O)c1ccc(CSC(C)=O)cc1. The number of ketones is 2. The van der Waals surface area contributed by atoms with Gasteiger partial charge in [0.2, 0.25) is 0 Å². The molecular weight excluding hydrogens is 248 g/mol. The predicted molar refractivity (Wildman–Crippen MR) is 72.7 cm³/mol. The molecule has 0 aliphatic rings. The van der Waals surface area contributed by atoms with Gasteiger partial charge in [0.15, 0.2) is 10.9 Å². The first-order valence-corrected chi connectivity index (χ1v) is 6.72. The van der Waals surface area contributed by atoms with Crippen molar-refractivity contribution in [2.45, 2.75) is 32.4 Å². The largest absolute Gasteiger partial charge is 0.300 e. The Morgan fingerprint density at radius 1 is 1.00 bits per heavy atom. The third-order valence-electron chi connectivity index (χ3n) is 2.42. The molecule has 0 aromatic heterocycles. The van der Waals surface area contributed by atoms with E-state index in [9.17, 15) is 14.4 Å². The van der Waals surface area contributed by atoms with Crippen LogP contribution in [0.2, 0.25) is 0 Å². The van der Waals surface area contributed by atoms with Gasteiger partial charge in [-0.1, -0.05) is 36.0 Å². The summed E-state index contributed by atoms with van der Waals surface area (Å²) in [5.41, 5.74) is 1.63. The molecule has 0 fully saturated rings. The van der Waals surface area contributed by atoms with Crippen LogP contribution in [-0.4, -0.2) is 16.7 Å². The Kier molecular flexibility index (Phi) is 5.78. The van der Waals surface area contributed by atoms with E-state index in [0.717, 1.165) is 5.56 Å². The standard InChI is InChI=1S/C14H16O3S/c1-10(15)3-8-14(17)13-6-4-12(5-7-13)9-18-11(2)16/h4-7H,3,8-9H2,1-2H3. The minimum atomic E-state index is -0.0176. The molecule has 3 nitrogen and oxygen atoms in total. The molecule has 0 unspecified atom stereocenters. The van der Waals surface area contributed by atoms with Crippen molar-refractivity contribution in [1.29, 1.82) is 0 Å². The van der Waals surface area contributed by atoms with E-state index in [0.29, 0.717) is 17.7 Å². The van der Waals surface area contributed by atoms with Gasteiger partial charge in [-0.2, -0.15) is 0 Å². The van der Waals surface area contributed by atoms with Gasteiger partial charge < -0.3 is 4.79 Å². The minimum Gasteiger partial charge on any atom is -0.300 e. The summed E-state index contributed by atoms with van der Waals surface area (Å²) in [6.45, 7) is 3.01. The van der Waals surface area contributed by atoms with Crippen LogP contribution in [0.3, 0.4) is 0 Å². The number of Topliss-reactive ketones (excluding diaryl/α,β-unsaturated/α-hetero) is 2. The molecule has 0 heterocycles. The van der Waals surface area contributed by atoms with Crippen molar-refractivity contribution in [1.82, 2.24) is 0 Å². The summed E-state index contributed by atoms with van der Waals surface area (Å²) in [5, 5.41) is 0.0802. The zero-order chi connectivity index (χ0) is 13.5. The van der Waals surface area contributed by atoms with E-state index >= 15 is 0 Å². The molecule has 0 radical (unpaired) electrons. The van der Waals surface area contributed by atoms with Gasteiger partial charge in [-0.3, -0.25) is 9.59 Å². The molecule has 1 aromatic carbocycles. The van der Waals surface area contributed by atoms with Gasteiger partial charge >= 0.3 is 0 Å². The number of rotatable bonds is 6. The van der Waals surface area contributed by atoms with Gasteiger partial charge in [0.1, 0.15) is 5.78 Å². The van der Waals surface area contributed by atoms with Crippen LogP contribution in [-0.2, 0) is 15.3 Å². The summed E-state index contributed by atoms with van der Waals surface area (Å²) in [6, 6.07) is 7.19. The molecule has 18 heavy (non-hydrogen) atoms. The molecule has 4 heteroatoms. The lowest BCUT2D eigenvalue weighted by Crippen LogP contribution is -2.02. The van der Waals surface area contributed by atoms with Crippen molar-refractivity contribution in [2.24, 2.45) is 0 Å². The smallest absolute Gasteiger partial charge is 0.186 e. The number of hydrogen-bond acceptors (Lipinski definition) is 4. The highest BCUT2D eigenvalue weighted by Crippen LogP contribution is 2.14. The number of carbonyl (C=O) groups is 3. The van der Waals surface area contributed by atoms with Crippen molar-refractivity contribution in [3.8, 4) is 0 Å². The molecule has 1 aromatic rings. The van der Waals surface area contributed by atoms with E-state index in [2.05, 4.69) is 0 Å². The van der Waals surface area contributed by atoms with Crippen LogP contribution in [0.4, 0.5) is 0 Å². The molecule has 0 aliphatic heterocycles. The molecule has 0 spiro atoms. The van der Waals surface area contributed by atoms with Crippen LogP contribution in [0.1, 0.15) is 42.6 Å². The van der Waals surface area contributed by atoms with Crippen LogP contribution in [0, 0.1) is 0 Å². The van der Waals surface area contributed by atoms with Gasteiger partial charge in [0, 0.05) is 31.1 Å². The minimum absolute atomic E-state index is 0.0176. The zero-order valence-corrected chi connectivity index (χ0v) is 11.4. The third kappa shape index (κ3) is 5.27. The lowest BCUT2D eigenvalue weighted by atomic mass is 10.0. The second-order valence-corrected chi connectivity index (χ2v) is 5.25. The lowest BCUT2D eigenvalue weighted by molar-refractivity contribution is -0.117. The number of thioether (sulfide) groups is 1. The fourth-order valence-electron chi connectivity index (χ4n) is 1.41. The lowest BCUT2D eigenvalue weighted by Gasteiger charge is -2.02. The molecule has 0 amide bonds. The average Bonchev–Trinajstić information content (AvgIpc) is 2.34. The molecule has 0 bridgehead atoms. The fourth-order valence-corrected chi connectivity index (χ4v) is 1.97. The summed E-state index contributed by atoms with van der Waals surface area (Å²) in [7, 11) is 0. The highest BCUT2D eigenvalue weighted by atomic mass is 32.2. The predicted octanol–water partition coefficient (Wildman–Crippen LogP) is 3.02. The Morgan fingerprint density at radius 3 is 2.11 bits per heavy atom. The van der Waals surface area contributed by atoms with Crippen molar-refractivity contribution in [2.75, 3.05) is 0 Å². The van der Waals surface area contributed by atoms with Crippen molar-refractivity contribution >= 4 is 28.4 Å². The van der Waals surface area contributed by atoms with Crippen LogP contribution in [0.5, 0.6) is 0 Å². The summed E-state index contributed by atoms with van der Waals surface area (Å²) in [6.07, 6.45) is 0.553. The molecule has 0 saturated heterocycles. The highest BCUT2D eigenvalue weighted by molar-refractivity contribution is 8.12. The van der Waals surface area contributed by atoms with E-state index in [-0.39, 0.29) is 23.1 Å². The van der Waals surface area contributed by atoms with Crippen LogP contribution in [0.25, 0.3) is 0 Å². The number of benzene rings is 1. The maximum Gasteiger partial charge on any atom is 0.186 e. The van der Waals surface area contributed by atoms with E-state index in [4.69, 9.17) is 0 Å². The van der Waals surface area contributed by atoms with E-state index < -0.39 is 0 Å². The summed E-state index contributed by atoms with van der Waals surface area (Å²) < 4.78 is 0. The van der Waals surface area contributed by atoms with E-state index in [1.54, 1.807) is 12.1 Å². The molecule has 0 N–H and O–H groups in total. The summed E-state index contributed by atoms with van der Waals surface area (Å²) >= 11 is 1.24. The maximum absolute atomic E-state index is 11.7. The van der Waals surface area contributed by atoms with Crippen molar-refractivity contribution in [3.05, 3.63) is 35.4 Å². The second-order valence-electron chi connectivity index (χ2n) is 4.10. The third-order valence-corrected chi connectivity index (χ3v) is 3.31. The van der Waals surface area contributed by atoms with E-state index in [1.165, 1.54) is 25.6 Å². The molecule has 0 atom stereocenters. The first kappa shape index (κ1) is 14.6. The van der Waals surface area contributed by atoms with Gasteiger partial charge in [0.25, 0.3) is 0 Å². The number of hydrogen-bond donors (Lipinski definition) is 0. The average molecular weight is 264 g/mol. The molecule has 1 rings (SSSR count). The van der Waals surface area contributed by atoms with Crippen molar-refractivity contribution in [3.63, 3.8) is 0 Å². The van der Waals surface area contributed by atoms with Crippen molar-refractivity contribution < 1.29 is 14.4 Å². The van der Waals surface area contributed by atoms with Gasteiger partial charge in [-0.25, -0.2) is 0 Å². The maximum atomic E-state index is 11.7. The molecular formula is C14H16O3S. The Hall–Kier alpha value is -1.42. The highest BCUT2D eigenvalue weighted by Gasteiger charge is 2.07. The van der Waals surface area contributed by atoms with Gasteiger partial charge in [-0.15, -0.1) is 0 Å². The molecule has 0 saturated carbocycles. The van der Waals surface area contributed by atoms with Crippen LogP contribution in [0.15, 0.2) is 24.3 Å². The first-order chi connectivity index (χ1) is 8.49. The molecule has 0 aliphatic carbocycles. The Morgan fingerprint density at radius 2 is 1.61 bits per heavy atom. The Labute approximate surface area is 111 Å². The van der Waals surface area contributed by atoms with Gasteiger partial charge in [0.05, 0.1) is 0 Å². The zero-order valence-electron chi connectivity index (χ0n) is 10.6. The summed E-state index contributed by atoms with van der Waals surface area (Å²) in [5.74, 6) is 0.630. The topological polar surface area (TPSA) is 51.2 Å². The normalized spacial score (nSPS) is 10.1. The second kappa shape index (κ2) is 7.11. The fraction of sp³-hybridized carbons (Fsp3) is 0.357. The monoisotopic (exact) mass is 264 g/mol. The Bertz CT molecular complexity index is 449. The van der Waals surface area contributed by atoms with Gasteiger partial charge in [-0.05, 0) is 12.5 Å². The van der Waals surface area contributed by atoms with Crippen LogP contribution >= 0.6 is 11.8 Å². The summed E-state index contributed by atoms with van der Waals surface area (Å²) in [4.78, 5) is 33.3. The van der Waals surface area contributed by atoms with E-state index in [1.807, 2.05) is 12.1 Å². The first-order valence-electron chi connectivity index (χ1n) is 5.74. The van der Waals surface area contributed by atoms with Crippen LogP contribution < -0.4 is 0 Å². The quantitative estimate of drug-likeness (QED) is 0.741. The Balaban J connectivity index is 2.56. The molecule has 96 valence electrons. The number of carbonyl (C=O) groups excluding carboxylic acids is 3.